The number of aryl methyl sites for hydroxylation is 1. The zero-order valence-electron chi connectivity index (χ0n) is 8.91. The predicted molar refractivity (Wildman–Crippen MR) is 65.4 cm³/mol. The van der Waals surface area contributed by atoms with Crippen LogP contribution in [0.1, 0.15) is 12.1 Å². The van der Waals surface area contributed by atoms with Crippen molar-refractivity contribution in [1.82, 2.24) is 15.0 Å². The molecule has 0 fully saturated rings. The molecule has 0 unspecified atom stereocenters. The maximum absolute atomic E-state index is 12.9. The van der Waals surface area contributed by atoms with Crippen molar-refractivity contribution in [3.05, 3.63) is 40.9 Å². The largest absolute Gasteiger partial charge is 0.219 e. The third kappa shape index (κ3) is 2.96. The first-order chi connectivity index (χ1) is 8.20. The van der Waals surface area contributed by atoms with E-state index in [0.717, 1.165) is 18.5 Å². The minimum absolute atomic E-state index is 0.304. The Labute approximate surface area is 108 Å². The third-order valence-electron chi connectivity index (χ3n) is 2.26. The van der Waals surface area contributed by atoms with Crippen LogP contribution in [0.2, 0.25) is 5.02 Å². The molecule has 0 spiro atoms. The molecule has 2 aromatic rings. The van der Waals surface area contributed by atoms with E-state index in [-0.39, 0.29) is 5.82 Å². The number of alkyl halides is 1. The van der Waals surface area contributed by atoms with E-state index in [4.69, 9.17) is 23.2 Å². The van der Waals surface area contributed by atoms with Crippen LogP contribution >= 0.6 is 23.2 Å². The van der Waals surface area contributed by atoms with Crippen LogP contribution in [0.25, 0.3) is 5.69 Å². The first-order valence-electron chi connectivity index (χ1n) is 5.13. The van der Waals surface area contributed by atoms with Crippen LogP contribution in [0.3, 0.4) is 0 Å². The van der Waals surface area contributed by atoms with E-state index in [0.29, 0.717) is 16.6 Å². The Morgan fingerprint density at radius 1 is 1.35 bits per heavy atom. The van der Waals surface area contributed by atoms with Gasteiger partial charge in [0.05, 0.1) is 22.6 Å². The second kappa shape index (κ2) is 5.47. The Balaban J connectivity index is 2.24. The molecule has 1 aromatic heterocycles. The number of halogens is 3. The summed E-state index contributed by atoms with van der Waals surface area (Å²) >= 11 is 11.5. The standard InChI is InChI=1S/C11H10Cl2FN3/c12-5-1-2-9-7-17(16-15-9)11-4-3-8(14)6-10(11)13/h3-4,6-7H,1-2,5H2. The highest BCUT2D eigenvalue weighted by Crippen LogP contribution is 2.20. The molecule has 6 heteroatoms. The molecule has 0 saturated heterocycles. The van der Waals surface area contributed by atoms with Gasteiger partial charge in [0, 0.05) is 5.88 Å². The molecule has 1 heterocycles. The van der Waals surface area contributed by atoms with Gasteiger partial charge >= 0.3 is 0 Å². The third-order valence-corrected chi connectivity index (χ3v) is 2.83. The van der Waals surface area contributed by atoms with Crippen molar-refractivity contribution in [2.24, 2.45) is 0 Å². The lowest BCUT2D eigenvalue weighted by Gasteiger charge is -2.02. The highest BCUT2D eigenvalue weighted by Gasteiger charge is 2.07. The summed E-state index contributed by atoms with van der Waals surface area (Å²) in [6.07, 6.45) is 3.38. The molecule has 1 aromatic carbocycles. The molecule has 0 aliphatic heterocycles. The van der Waals surface area contributed by atoms with Crippen LogP contribution in [0.5, 0.6) is 0 Å². The van der Waals surface area contributed by atoms with E-state index in [1.54, 1.807) is 12.3 Å². The quantitative estimate of drug-likeness (QED) is 0.801. The van der Waals surface area contributed by atoms with Gasteiger partial charge in [0.2, 0.25) is 0 Å². The van der Waals surface area contributed by atoms with Crippen molar-refractivity contribution in [2.45, 2.75) is 12.8 Å². The van der Waals surface area contributed by atoms with E-state index in [1.807, 2.05) is 0 Å². The summed E-state index contributed by atoms with van der Waals surface area (Å²) in [6.45, 7) is 0. The number of nitrogens with zero attached hydrogens (tertiary/aromatic N) is 3. The zero-order valence-corrected chi connectivity index (χ0v) is 10.4. The van der Waals surface area contributed by atoms with Gasteiger partial charge in [-0.05, 0) is 31.0 Å². The average molecular weight is 274 g/mol. The SMILES string of the molecule is Fc1ccc(-n2cc(CCCCl)nn2)c(Cl)c1. The minimum Gasteiger partial charge on any atom is -0.219 e. The molecule has 0 aliphatic rings. The van der Waals surface area contributed by atoms with Gasteiger partial charge in [-0.1, -0.05) is 16.8 Å². The number of hydrogen-bond donors (Lipinski definition) is 0. The molecule has 0 atom stereocenters. The second-order valence-corrected chi connectivity index (χ2v) is 4.33. The fraction of sp³-hybridized carbons (Fsp3) is 0.273. The van der Waals surface area contributed by atoms with Crippen LogP contribution in [-0.2, 0) is 6.42 Å². The maximum Gasteiger partial charge on any atom is 0.124 e. The van der Waals surface area contributed by atoms with Crippen LogP contribution in [0.15, 0.2) is 24.4 Å². The highest BCUT2D eigenvalue weighted by atomic mass is 35.5. The first-order valence-corrected chi connectivity index (χ1v) is 6.04. The van der Waals surface area contributed by atoms with Gasteiger partial charge in [0.25, 0.3) is 0 Å². The van der Waals surface area contributed by atoms with E-state index in [2.05, 4.69) is 10.3 Å². The summed E-state index contributed by atoms with van der Waals surface area (Å²) in [7, 11) is 0. The van der Waals surface area contributed by atoms with E-state index in [9.17, 15) is 4.39 Å². The fourth-order valence-electron chi connectivity index (χ4n) is 1.45. The van der Waals surface area contributed by atoms with Gasteiger partial charge < -0.3 is 0 Å². The average Bonchev–Trinajstić information content (AvgIpc) is 2.75. The molecule has 0 amide bonds. The maximum atomic E-state index is 12.9. The van der Waals surface area contributed by atoms with Crippen molar-refractivity contribution in [3.63, 3.8) is 0 Å². The lowest BCUT2D eigenvalue weighted by atomic mass is 10.3. The summed E-state index contributed by atoms with van der Waals surface area (Å²) in [6, 6.07) is 4.15. The smallest absolute Gasteiger partial charge is 0.124 e. The van der Waals surface area contributed by atoms with Crippen molar-refractivity contribution < 1.29 is 4.39 Å². The van der Waals surface area contributed by atoms with E-state index in [1.165, 1.54) is 16.8 Å². The van der Waals surface area contributed by atoms with E-state index >= 15 is 0 Å². The summed E-state index contributed by atoms with van der Waals surface area (Å²) in [5, 5.41) is 8.25. The van der Waals surface area contributed by atoms with Gasteiger partial charge in [-0.2, -0.15) is 0 Å². The molecular weight excluding hydrogens is 264 g/mol. The topological polar surface area (TPSA) is 30.7 Å². The van der Waals surface area contributed by atoms with Crippen molar-refractivity contribution in [2.75, 3.05) is 5.88 Å². The monoisotopic (exact) mass is 273 g/mol. The van der Waals surface area contributed by atoms with Gasteiger partial charge in [0.15, 0.2) is 0 Å². The van der Waals surface area contributed by atoms with Crippen molar-refractivity contribution in [3.8, 4) is 5.69 Å². The normalized spacial score (nSPS) is 10.8. The number of benzene rings is 1. The van der Waals surface area contributed by atoms with Crippen molar-refractivity contribution >= 4 is 23.2 Å². The molecule has 0 aliphatic carbocycles. The molecule has 0 radical (unpaired) electrons. The summed E-state index contributed by atoms with van der Waals surface area (Å²) in [5.41, 5.74) is 1.45. The van der Waals surface area contributed by atoms with Gasteiger partial charge in [-0.3, -0.25) is 0 Å². The lowest BCUT2D eigenvalue weighted by Crippen LogP contribution is -1.96. The Morgan fingerprint density at radius 3 is 2.88 bits per heavy atom. The first kappa shape index (κ1) is 12.3. The van der Waals surface area contributed by atoms with Crippen molar-refractivity contribution in [1.29, 1.82) is 0 Å². The highest BCUT2D eigenvalue weighted by molar-refractivity contribution is 6.32. The number of hydrogen-bond acceptors (Lipinski definition) is 2. The van der Waals surface area contributed by atoms with Gasteiger partial charge in [-0.15, -0.1) is 16.7 Å². The molecule has 90 valence electrons. The predicted octanol–water partition coefficient (Wildman–Crippen LogP) is 3.23. The van der Waals surface area contributed by atoms with Gasteiger partial charge in [-0.25, -0.2) is 9.07 Å². The molecule has 3 nitrogen and oxygen atoms in total. The number of aromatic nitrogens is 3. The second-order valence-electron chi connectivity index (χ2n) is 3.54. The lowest BCUT2D eigenvalue weighted by molar-refractivity contribution is 0.627. The molecule has 2 rings (SSSR count). The van der Waals surface area contributed by atoms with Crippen LogP contribution < -0.4 is 0 Å². The van der Waals surface area contributed by atoms with Gasteiger partial charge in [0.1, 0.15) is 5.82 Å². The number of rotatable bonds is 4. The molecule has 0 bridgehead atoms. The van der Waals surface area contributed by atoms with E-state index < -0.39 is 0 Å². The van der Waals surface area contributed by atoms with Crippen LogP contribution in [-0.4, -0.2) is 20.9 Å². The zero-order chi connectivity index (χ0) is 12.3. The van der Waals surface area contributed by atoms with Crippen LogP contribution in [0.4, 0.5) is 4.39 Å². The van der Waals surface area contributed by atoms with Crippen LogP contribution in [0, 0.1) is 5.82 Å². The molecule has 0 saturated carbocycles. The fourth-order valence-corrected chi connectivity index (χ4v) is 1.83. The molecule has 17 heavy (non-hydrogen) atoms. The summed E-state index contributed by atoms with van der Waals surface area (Å²) in [5.74, 6) is 0.214. The molecule has 0 N–H and O–H groups in total. The Hall–Kier alpha value is -1.13. The Morgan fingerprint density at radius 2 is 2.18 bits per heavy atom. The molecular formula is C11H10Cl2FN3. The Bertz CT molecular complexity index is 513. The Kier molecular flexibility index (Phi) is 3.97. The summed E-state index contributed by atoms with van der Waals surface area (Å²) in [4.78, 5) is 0. The minimum atomic E-state index is -0.374. The summed E-state index contributed by atoms with van der Waals surface area (Å²) < 4.78 is 14.4.